The Hall–Kier alpha value is -1.62. The minimum absolute atomic E-state index is 0.278. The molecular weight excluding hydrogens is 294 g/mol. The first kappa shape index (κ1) is 15.3. The number of anilines is 1. The number of benzene rings is 1. The van der Waals surface area contributed by atoms with Gasteiger partial charge in [0.15, 0.2) is 5.82 Å². The minimum Gasteiger partial charge on any atom is -0.368 e. The van der Waals surface area contributed by atoms with E-state index >= 15 is 0 Å². The number of nitrogens with zero attached hydrogens (tertiary/aromatic N) is 2. The van der Waals surface area contributed by atoms with E-state index in [1.165, 1.54) is 36.4 Å². The average molecular weight is 317 g/mol. The summed E-state index contributed by atoms with van der Waals surface area (Å²) < 4.78 is 5.84. The fourth-order valence-electron chi connectivity index (χ4n) is 3.39. The molecule has 5 heteroatoms. The Labute approximate surface area is 135 Å². The average Bonchev–Trinajstić information content (AvgIpc) is 2.91. The normalized spacial score (nSPS) is 17.5. The quantitative estimate of drug-likeness (QED) is 0.937. The Morgan fingerprint density at radius 3 is 2.77 bits per heavy atom. The summed E-state index contributed by atoms with van der Waals surface area (Å²) in [5, 5.41) is 1.14. The van der Waals surface area contributed by atoms with Crippen molar-refractivity contribution in [2.75, 3.05) is 4.90 Å². The first-order chi connectivity index (χ1) is 10.6. The fraction of sp³-hybridized carbons (Fsp3) is 0.529. The van der Waals surface area contributed by atoms with Crippen molar-refractivity contribution in [3.63, 3.8) is 0 Å². The van der Waals surface area contributed by atoms with E-state index in [2.05, 4.69) is 34.4 Å². The van der Waals surface area contributed by atoms with Gasteiger partial charge in [0.1, 0.15) is 6.04 Å². The van der Waals surface area contributed by atoms with Crippen LogP contribution >= 0.6 is 11.5 Å². The lowest BCUT2D eigenvalue weighted by Crippen LogP contribution is -2.49. The van der Waals surface area contributed by atoms with E-state index in [-0.39, 0.29) is 11.9 Å². The van der Waals surface area contributed by atoms with Crippen molar-refractivity contribution in [2.24, 2.45) is 5.73 Å². The SMILES string of the molecule is Cc1ccc2snc(N(C3CCCCC3)C(C)C(N)=O)c2c1. The van der Waals surface area contributed by atoms with Crippen LogP contribution in [0, 0.1) is 6.92 Å². The predicted octanol–water partition coefficient (Wildman–Crippen LogP) is 3.62. The van der Waals surface area contributed by atoms with Crippen LogP contribution in [0.5, 0.6) is 0 Å². The van der Waals surface area contributed by atoms with Crippen LogP contribution in [0.15, 0.2) is 18.2 Å². The number of nitrogens with two attached hydrogens (primary N) is 1. The van der Waals surface area contributed by atoms with Crippen LogP contribution < -0.4 is 10.6 Å². The van der Waals surface area contributed by atoms with Crippen LogP contribution in [-0.4, -0.2) is 22.4 Å². The Morgan fingerprint density at radius 1 is 1.36 bits per heavy atom. The van der Waals surface area contributed by atoms with Gasteiger partial charge in [-0.1, -0.05) is 30.9 Å². The number of amides is 1. The molecule has 0 aliphatic heterocycles. The van der Waals surface area contributed by atoms with Crippen molar-refractivity contribution in [2.45, 2.75) is 58.0 Å². The number of carbonyl (C=O) groups is 1. The van der Waals surface area contributed by atoms with E-state index in [0.29, 0.717) is 6.04 Å². The number of carbonyl (C=O) groups excluding carboxylic acids is 1. The summed E-state index contributed by atoms with van der Waals surface area (Å²) in [7, 11) is 0. The van der Waals surface area contributed by atoms with Gasteiger partial charge in [-0.25, -0.2) is 0 Å². The highest BCUT2D eigenvalue weighted by Crippen LogP contribution is 2.35. The van der Waals surface area contributed by atoms with E-state index in [9.17, 15) is 4.79 Å². The smallest absolute Gasteiger partial charge is 0.239 e. The van der Waals surface area contributed by atoms with E-state index < -0.39 is 0 Å². The molecule has 2 N–H and O–H groups in total. The highest BCUT2D eigenvalue weighted by atomic mass is 32.1. The second-order valence-corrected chi connectivity index (χ2v) is 7.09. The van der Waals surface area contributed by atoms with Crippen LogP contribution in [0.1, 0.15) is 44.6 Å². The molecule has 0 saturated heterocycles. The van der Waals surface area contributed by atoms with Crippen molar-refractivity contribution in [3.05, 3.63) is 23.8 Å². The summed E-state index contributed by atoms with van der Waals surface area (Å²) in [6, 6.07) is 6.42. The Kier molecular flexibility index (Phi) is 4.34. The molecule has 1 aromatic carbocycles. The zero-order valence-corrected chi connectivity index (χ0v) is 14.0. The van der Waals surface area contributed by atoms with Crippen LogP contribution in [0.4, 0.5) is 5.82 Å². The third-order valence-corrected chi connectivity index (χ3v) is 5.47. The molecule has 3 rings (SSSR count). The molecule has 0 bridgehead atoms. The summed E-state index contributed by atoms with van der Waals surface area (Å²) in [5.74, 6) is 0.654. The van der Waals surface area contributed by atoms with Crippen molar-refractivity contribution in [1.82, 2.24) is 4.37 Å². The van der Waals surface area contributed by atoms with Crippen LogP contribution in [0.25, 0.3) is 10.1 Å². The van der Waals surface area contributed by atoms with Gasteiger partial charge in [0, 0.05) is 11.4 Å². The molecule has 1 atom stereocenters. The van der Waals surface area contributed by atoms with Crippen molar-refractivity contribution >= 4 is 33.3 Å². The summed E-state index contributed by atoms with van der Waals surface area (Å²) >= 11 is 1.50. The maximum absolute atomic E-state index is 11.8. The molecule has 4 nitrogen and oxygen atoms in total. The lowest BCUT2D eigenvalue weighted by Gasteiger charge is -2.37. The van der Waals surface area contributed by atoms with E-state index in [1.54, 1.807) is 0 Å². The standard InChI is InChI=1S/C17H23N3OS/c1-11-8-9-15-14(10-11)17(19-22-15)20(12(2)16(18)21)13-6-4-3-5-7-13/h8-10,12-13H,3-7H2,1-2H3,(H2,18,21). The summed E-state index contributed by atoms with van der Waals surface area (Å²) in [4.78, 5) is 14.0. The fourth-order valence-corrected chi connectivity index (χ4v) is 4.15. The number of hydrogen-bond donors (Lipinski definition) is 1. The van der Waals surface area contributed by atoms with Gasteiger partial charge in [-0.05, 0) is 50.4 Å². The monoisotopic (exact) mass is 317 g/mol. The minimum atomic E-state index is -0.325. The maximum Gasteiger partial charge on any atom is 0.239 e. The third-order valence-electron chi connectivity index (χ3n) is 4.65. The van der Waals surface area contributed by atoms with Gasteiger partial charge in [0.25, 0.3) is 0 Å². The topological polar surface area (TPSA) is 59.2 Å². The van der Waals surface area contributed by atoms with Crippen LogP contribution in [-0.2, 0) is 4.79 Å². The lowest BCUT2D eigenvalue weighted by molar-refractivity contribution is -0.119. The second kappa shape index (κ2) is 6.24. The van der Waals surface area contributed by atoms with E-state index in [0.717, 1.165) is 28.7 Å². The Balaban J connectivity index is 2.06. The number of aryl methyl sites for hydroxylation is 1. The van der Waals surface area contributed by atoms with Crippen molar-refractivity contribution < 1.29 is 4.79 Å². The van der Waals surface area contributed by atoms with Gasteiger partial charge in [-0.2, -0.15) is 4.37 Å². The third kappa shape index (κ3) is 2.82. The molecule has 22 heavy (non-hydrogen) atoms. The summed E-state index contributed by atoms with van der Waals surface area (Å²) in [5.41, 5.74) is 6.83. The first-order valence-electron chi connectivity index (χ1n) is 8.01. The molecule has 0 spiro atoms. The van der Waals surface area contributed by atoms with E-state index in [4.69, 9.17) is 5.73 Å². The summed E-state index contributed by atoms with van der Waals surface area (Å²) in [6.07, 6.45) is 5.94. The number of aromatic nitrogens is 1. The van der Waals surface area contributed by atoms with Crippen LogP contribution in [0.2, 0.25) is 0 Å². The molecule has 1 aliphatic rings. The maximum atomic E-state index is 11.8. The van der Waals surface area contributed by atoms with Gasteiger partial charge in [0.2, 0.25) is 5.91 Å². The molecule has 1 aliphatic carbocycles. The lowest BCUT2D eigenvalue weighted by atomic mass is 9.93. The first-order valence-corrected chi connectivity index (χ1v) is 8.79. The molecule has 1 unspecified atom stereocenters. The number of hydrogen-bond acceptors (Lipinski definition) is 4. The Bertz CT molecular complexity index is 676. The molecule has 2 aromatic rings. The highest BCUT2D eigenvalue weighted by molar-refractivity contribution is 7.13. The number of fused-ring (bicyclic) bond motifs is 1. The van der Waals surface area contributed by atoms with Crippen molar-refractivity contribution in [1.29, 1.82) is 0 Å². The van der Waals surface area contributed by atoms with E-state index in [1.807, 2.05) is 6.92 Å². The molecule has 1 aromatic heterocycles. The van der Waals surface area contributed by atoms with Gasteiger partial charge in [-0.15, -0.1) is 0 Å². The molecule has 1 heterocycles. The molecular formula is C17H23N3OS. The van der Waals surface area contributed by atoms with Gasteiger partial charge in [-0.3, -0.25) is 4.79 Å². The molecule has 1 amide bonds. The zero-order chi connectivity index (χ0) is 15.7. The molecule has 1 fully saturated rings. The molecule has 1 saturated carbocycles. The number of primary amides is 1. The van der Waals surface area contributed by atoms with Crippen LogP contribution in [0.3, 0.4) is 0 Å². The zero-order valence-electron chi connectivity index (χ0n) is 13.2. The largest absolute Gasteiger partial charge is 0.368 e. The molecule has 118 valence electrons. The van der Waals surface area contributed by atoms with Gasteiger partial charge < -0.3 is 10.6 Å². The summed E-state index contributed by atoms with van der Waals surface area (Å²) in [6.45, 7) is 3.99. The Morgan fingerprint density at radius 2 is 2.09 bits per heavy atom. The van der Waals surface area contributed by atoms with Gasteiger partial charge >= 0.3 is 0 Å². The second-order valence-electron chi connectivity index (χ2n) is 6.28. The molecule has 0 radical (unpaired) electrons. The highest BCUT2D eigenvalue weighted by Gasteiger charge is 2.31. The predicted molar refractivity (Wildman–Crippen MR) is 92.4 cm³/mol. The van der Waals surface area contributed by atoms with Gasteiger partial charge in [0.05, 0.1) is 4.70 Å². The number of rotatable bonds is 4. The van der Waals surface area contributed by atoms with Crippen molar-refractivity contribution in [3.8, 4) is 0 Å².